The molecule has 1 unspecified atom stereocenters. The van der Waals surface area contributed by atoms with Crippen molar-refractivity contribution in [3.63, 3.8) is 0 Å². The first-order valence-corrected chi connectivity index (χ1v) is 9.51. The number of rotatable bonds is 6. The number of aliphatic imine (C=N–C) groups is 1. The molecule has 0 saturated carbocycles. The van der Waals surface area contributed by atoms with Gasteiger partial charge in [0.2, 0.25) is 0 Å². The van der Waals surface area contributed by atoms with Crippen LogP contribution in [0.15, 0.2) is 29.4 Å². The van der Waals surface area contributed by atoms with E-state index in [0.717, 1.165) is 55.3 Å². The lowest BCUT2D eigenvalue weighted by Gasteiger charge is -2.24. The molecule has 0 spiro atoms. The summed E-state index contributed by atoms with van der Waals surface area (Å²) < 4.78 is 2.05. The van der Waals surface area contributed by atoms with E-state index >= 15 is 0 Å². The molecule has 136 valence electrons. The molecule has 0 radical (unpaired) electrons. The Bertz CT molecular complexity index is 703. The highest BCUT2D eigenvalue weighted by atomic mass is 15.3. The van der Waals surface area contributed by atoms with Gasteiger partial charge in [-0.15, -0.1) is 10.2 Å². The molecule has 25 heavy (non-hydrogen) atoms. The van der Waals surface area contributed by atoms with Crippen molar-refractivity contribution in [2.45, 2.75) is 39.5 Å². The van der Waals surface area contributed by atoms with Gasteiger partial charge in [-0.25, -0.2) is 0 Å². The van der Waals surface area contributed by atoms with Crippen molar-refractivity contribution in [2.24, 2.45) is 16.8 Å². The Labute approximate surface area is 150 Å². The third-order valence-corrected chi connectivity index (χ3v) is 5.47. The van der Waals surface area contributed by atoms with Gasteiger partial charge in [-0.1, -0.05) is 32.8 Å². The summed E-state index contributed by atoms with van der Waals surface area (Å²) in [7, 11) is 1.87. The molecule has 3 heterocycles. The minimum absolute atomic E-state index is 0.800. The molecule has 0 bridgehead atoms. The molecule has 0 aliphatic carbocycles. The van der Waals surface area contributed by atoms with Crippen LogP contribution in [0.4, 0.5) is 0 Å². The van der Waals surface area contributed by atoms with Crippen LogP contribution in [0, 0.1) is 11.8 Å². The predicted octanol–water partition coefficient (Wildman–Crippen LogP) is 2.61. The number of hydrogen-bond donors (Lipinski definition) is 1. The van der Waals surface area contributed by atoms with Crippen LogP contribution in [0.1, 0.15) is 38.9 Å². The van der Waals surface area contributed by atoms with Crippen LogP contribution >= 0.6 is 0 Å². The summed E-state index contributed by atoms with van der Waals surface area (Å²) in [6.45, 7) is 7.67. The maximum Gasteiger partial charge on any atom is 0.193 e. The first kappa shape index (κ1) is 17.7. The molecule has 2 aromatic rings. The number of fused-ring (bicyclic) bond motifs is 1. The molecule has 0 aromatic carbocycles. The van der Waals surface area contributed by atoms with E-state index < -0.39 is 0 Å². The third kappa shape index (κ3) is 3.94. The molecule has 1 atom stereocenters. The summed E-state index contributed by atoms with van der Waals surface area (Å²) in [5.74, 6) is 3.64. The van der Waals surface area contributed by atoms with Crippen LogP contribution in [-0.2, 0) is 6.42 Å². The van der Waals surface area contributed by atoms with Crippen molar-refractivity contribution in [3.05, 3.63) is 30.2 Å². The van der Waals surface area contributed by atoms with Gasteiger partial charge in [-0.3, -0.25) is 9.39 Å². The van der Waals surface area contributed by atoms with Gasteiger partial charge in [0.15, 0.2) is 11.6 Å². The second kappa shape index (κ2) is 8.32. The van der Waals surface area contributed by atoms with Crippen molar-refractivity contribution >= 4 is 11.6 Å². The highest BCUT2D eigenvalue weighted by molar-refractivity contribution is 5.80. The standard InChI is InChI=1S/C19H30N6/c1-4-15(5-2)16-10-13-24(14-16)19(20-3)21-11-9-18-23-22-17-8-6-7-12-25(17)18/h6-8,12,15-16H,4-5,9-11,13-14H2,1-3H3,(H,20,21). The summed E-state index contributed by atoms with van der Waals surface area (Å²) in [6, 6.07) is 5.97. The van der Waals surface area contributed by atoms with Gasteiger partial charge in [0.25, 0.3) is 0 Å². The van der Waals surface area contributed by atoms with Gasteiger partial charge in [-0.05, 0) is 30.4 Å². The average molecular weight is 342 g/mol. The van der Waals surface area contributed by atoms with Crippen molar-refractivity contribution in [1.82, 2.24) is 24.8 Å². The largest absolute Gasteiger partial charge is 0.356 e. The molecule has 1 saturated heterocycles. The lowest BCUT2D eigenvalue weighted by Crippen LogP contribution is -2.41. The Kier molecular flexibility index (Phi) is 5.89. The van der Waals surface area contributed by atoms with Crippen LogP contribution in [0.3, 0.4) is 0 Å². The number of pyridine rings is 1. The van der Waals surface area contributed by atoms with Gasteiger partial charge in [0.05, 0.1) is 0 Å². The van der Waals surface area contributed by atoms with Gasteiger partial charge in [-0.2, -0.15) is 0 Å². The number of nitrogens with one attached hydrogen (secondary N) is 1. The van der Waals surface area contributed by atoms with E-state index in [9.17, 15) is 0 Å². The number of guanidine groups is 1. The highest BCUT2D eigenvalue weighted by Crippen LogP contribution is 2.28. The van der Waals surface area contributed by atoms with Gasteiger partial charge in [0.1, 0.15) is 5.82 Å². The molecule has 1 aliphatic rings. The van der Waals surface area contributed by atoms with Crippen molar-refractivity contribution < 1.29 is 0 Å². The summed E-state index contributed by atoms with van der Waals surface area (Å²) >= 11 is 0. The molecule has 2 aromatic heterocycles. The Hall–Kier alpha value is -2.11. The van der Waals surface area contributed by atoms with Gasteiger partial charge in [0, 0.05) is 39.3 Å². The molecular formula is C19H30N6. The maximum atomic E-state index is 4.49. The smallest absolute Gasteiger partial charge is 0.193 e. The summed E-state index contributed by atoms with van der Waals surface area (Å²) in [4.78, 5) is 6.89. The average Bonchev–Trinajstić information content (AvgIpc) is 3.28. The van der Waals surface area contributed by atoms with Crippen LogP contribution in [0.2, 0.25) is 0 Å². The monoisotopic (exact) mass is 342 g/mol. The van der Waals surface area contributed by atoms with Crippen molar-refractivity contribution in [1.29, 1.82) is 0 Å². The minimum Gasteiger partial charge on any atom is -0.356 e. The third-order valence-electron chi connectivity index (χ3n) is 5.47. The first-order valence-electron chi connectivity index (χ1n) is 9.51. The second-order valence-corrected chi connectivity index (χ2v) is 6.84. The van der Waals surface area contributed by atoms with E-state index in [0.29, 0.717) is 0 Å². The van der Waals surface area contributed by atoms with Crippen LogP contribution in [0.5, 0.6) is 0 Å². The number of nitrogens with zero attached hydrogens (tertiary/aromatic N) is 5. The predicted molar refractivity (Wildman–Crippen MR) is 102 cm³/mol. The lowest BCUT2D eigenvalue weighted by atomic mass is 9.87. The summed E-state index contributed by atoms with van der Waals surface area (Å²) in [5.41, 5.74) is 0.898. The van der Waals surface area contributed by atoms with E-state index in [1.165, 1.54) is 19.3 Å². The van der Waals surface area contributed by atoms with Crippen LogP contribution < -0.4 is 5.32 Å². The van der Waals surface area contributed by atoms with E-state index in [4.69, 9.17) is 0 Å². The molecule has 0 amide bonds. The van der Waals surface area contributed by atoms with Crippen LogP contribution in [-0.4, -0.2) is 52.1 Å². The number of likely N-dealkylation sites (tertiary alicyclic amines) is 1. The molecule has 1 N–H and O–H groups in total. The van der Waals surface area contributed by atoms with E-state index in [2.05, 4.69) is 39.3 Å². The molecular weight excluding hydrogens is 312 g/mol. The molecule has 1 aliphatic heterocycles. The zero-order chi connectivity index (χ0) is 17.6. The minimum atomic E-state index is 0.800. The lowest BCUT2D eigenvalue weighted by molar-refractivity contribution is 0.319. The van der Waals surface area contributed by atoms with E-state index in [1.807, 2.05) is 35.8 Å². The fourth-order valence-corrected chi connectivity index (χ4v) is 4.00. The quantitative estimate of drug-likeness (QED) is 0.648. The zero-order valence-corrected chi connectivity index (χ0v) is 15.6. The molecule has 6 heteroatoms. The van der Waals surface area contributed by atoms with Crippen LogP contribution in [0.25, 0.3) is 5.65 Å². The van der Waals surface area contributed by atoms with Gasteiger partial charge < -0.3 is 10.2 Å². The van der Waals surface area contributed by atoms with Gasteiger partial charge >= 0.3 is 0 Å². The Morgan fingerprint density at radius 2 is 2.16 bits per heavy atom. The Morgan fingerprint density at radius 3 is 2.92 bits per heavy atom. The van der Waals surface area contributed by atoms with Crippen molar-refractivity contribution in [2.75, 3.05) is 26.7 Å². The molecule has 6 nitrogen and oxygen atoms in total. The first-order chi connectivity index (χ1) is 12.3. The SMILES string of the molecule is CCC(CC)C1CCN(C(=NC)NCCc2nnc3ccccn23)C1. The maximum absolute atomic E-state index is 4.49. The fraction of sp³-hybridized carbons (Fsp3) is 0.632. The summed E-state index contributed by atoms with van der Waals surface area (Å²) in [5, 5.41) is 12.0. The normalized spacial score (nSPS) is 18.5. The molecule has 3 rings (SSSR count). The Balaban J connectivity index is 1.53. The van der Waals surface area contributed by atoms with E-state index in [-0.39, 0.29) is 0 Å². The molecule has 1 fully saturated rings. The highest BCUT2D eigenvalue weighted by Gasteiger charge is 2.29. The fourth-order valence-electron chi connectivity index (χ4n) is 4.00. The number of hydrogen-bond acceptors (Lipinski definition) is 3. The van der Waals surface area contributed by atoms with E-state index in [1.54, 1.807) is 0 Å². The summed E-state index contributed by atoms with van der Waals surface area (Å²) in [6.07, 6.45) is 6.68. The van der Waals surface area contributed by atoms with Crippen molar-refractivity contribution in [3.8, 4) is 0 Å². The topological polar surface area (TPSA) is 57.8 Å². The Morgan fingerprint density at radius 1 is 1.32 bits per heavy atom. The number of aromatic nitrogens is 3. The zero-order valence-electron chi connectivity index (χ0n) is 15.6. The second-order valence-electron chi connectivity index (χ2n) is 6.84.